The van der Waals surface area contributed by atoms with Gasteiger partial charge in [0.2, 0.25) is 0 Å². The Balaban J connectivity index is 4.55. The molecule has 0 aliphatic rings. The summed E-state index contributed by atoms with van der Waals surface area (Å²) in [6, 6.07) is 0. The number of rotatable bonds is 9. The van der Waals surface area contributed by atoms with Crippen molar-refractivity contribution in [1.29, 1.82) is 0 Å². The second-order valence-electron chi connectivity index (χ2n) is 4.73. The molecule has 102 valence electrons. The molecule has 0 saturated heterocycles. The van der Waals surface area contributed by atoms with Crippen LogP contribution in [0.4, 0.5) is 0 Å². The summed E-state index contributed by atoms with van der Waals surface area (Å²) < 4.78 is 24.2. The highest BCUT2D eigenvalue weighted by molar-refractivity contribution is 7.92. The zero-order valence-corrected chi connectivity index (χ0v) is 11.8. The van der Waals surface area contributed by atoms with Gasteiger partial charge in [0.05, 0.1) is 11.0 Å². The van der Waals surface area contributed by atoms with Gasteiger partial charge < -0.3 is 5.11 Å². The monoisotopic (exact) mass is 264 g/mol. The molecule has 0 bridgehead atoms. The van der Waals surface area contributed by atoms with Crippen LogP contribution >= 0.6 is 0 Å². The maximum Gasteiger partial charge on any atom is 0.303 e. The molecular weight excluding hydrogens is 240 g/mol. The minimum absolute atomic E-state index is 0.00995. The molecule has 1 unspecified atom stereocenters. The molecule has 0 saturated carbocycles. The Labute approximate surface area is 104 Å². The van der Waals surface area contributed by atoms with Gasteiger partial charge >= 0.3 is 5.97 Å². The molecule has 1 atom stereocenters. The lowest BCUT2D eigenvalue weighted by molar-refractivity contribution is -0.137. The van der Waals surface area contributed by atoms with E-state index in [1.807, 2.05) is 13.8 Å². The number of hydrogen-bond donors (Lipinski definition) is 1. The number of aliphatic carboxylic acids is 1. The Morgan fingerprint density at radius 2 is 1.65 bits per heavy atom. The first-order valence-corrected chi connectivity index (χ1v) is 7.98. The molecule has 0 aromatic heterocycles. The standard InChI is InChI=1S/C12H24O4S/c1-4-6-11(7-5-2)17(15,16)9-10(3)8-12(13)14/h10-11H,4-9H2,1-3H3,(H,13,14). The van der Waals surface area contributed by atoms with Crippen LogP contribution in [-0.2, 0) is 14.6 Å². The van der Waals surface area contributed by atoms with Gasteiger partial charge in [-0.25, -0.2) is 8.42 Å². The fourth-order valence-corrected chi connectivity index (χ4v) is 4.41. The van der Waals surface area contributed by atoms with Gasteiger partial charge in [-0.3, -0.25) is 4.79 Å². The topological polar surface area (TPSA) is 71.4 Å². The molecule has 0 spiro atoms. The van der Waals surface area contributed by atoms with E-state index in [1.54, 1.807) is 6.92 Å². The summed E-state index contributed by atoms with van der Waals surface area (Å²) in [5.74, 6) is -1.26. The summed E-state index contributed by atoms with van der Waals surface area (Å²) in [6.45, 7) is 5.62. The molecule has 0 heterocycles. The molecular formula is C12H24O4S. The summed E-state index contributed by atoms with van der Waals surface area (Å²) in [6.07, 6.45) is 2.96. The lowest BCUT2D eigenvalue weighted by atomic mass is 10.1. The van der Waals surface area contributed by atoms with E-state index in [-0.39, 0.29) is 23.3 Å². The molecule has 0 radical (unpaired) electrons. The Hall–Kier alpha value is -0.580. The van der Waals surface area contributed by atoms with Crippen molar-refractivity contribution in [2.45, 2.75) is 58.1 Å². The van der Waals surface area contributed by atoms with Crippen LogP contribution in [0.5, 0.6) is 0 Å². The van der Waals surface area contributed by atoms with Crippen molar-refractivity contribution in [3.05, 3.63) is 0 Å². The van der Waals surface area contributed by atoms with Crippen molar-refractivity contribution in [2.24, 2.45) is 5.92 Å². The SMILES string of the molecule is CCCC(CCC)S(=O)(=O)CC(C)CC(=O)O. The first-order valence-electron chi connectivity index (χ1n) is 6.26. The molecule has 0 aromatic rings. The van der Waals surface area contributed by atoms with Crippen LogP contribution in [0.15, 0.2) is 0 Å². The fourth-order valence-electron chi connectivity index (χ4n) is 2.04. The van der Waals surface area contributed by atoms with E-state index in [2.05, 4.69) is 0 Å². The molecule has 0 aromatic carbocycles. The molecule has 0 amide bonds. The Kier molecular flexibility index (Phi) is 7.43. The van der Waals surface area contributed by atoms with E-state index in [4.69, 9.17) is 5.11 Å². The summed E-state index contributed by atoms with van der Waals surface area (Å²) in [5.41, 5.74) is 0. The van der Waals surface area contributed by atoms with Crippen LogP contribution in [0.25, 0.3) is 0 Å². The molecule has 0 rings (SSSR count). The van der Waals surface area contributed by atoms with Crippen LogP contribution in [0.2, 0.25) is 0 Å². The molecule has 0 aliphatic carbocycles. The first-order chi connectivity index (χ1) is 7.83. The summed E-state index contributed by atoms with van der Waals surface area (Å²) in [4.78, 5) is 10.5. The van der Waals surface area contributed by atoms with Gasteiger partial charge in [0.1, 0.15) is 0 Å². The van der Waals surface area contributed by atoms with Crippen LogP contribution in [0.1, 0.15) is 52.9 Å². The van der Waals surface area contributed by atoms with E-state index in [9.17, 15) is 13.2 Å². The van der Waals surface area contributed by atoms with E-state index in [1.165, 1.54) is 0 Å². The average Bonchev–Trinajstić information content (AvgIpc) is 2.14. The zero-order valence-electron chi connectivity index (χ0n) is 11.0. The van der Waals surface area contributed by atoms with Gasteiger partial charge in [-0.2, -0.15) is 0 Å². The van der Waals surface area contributed by atoms with Crippen LogP contribution in [-0.4, -0.2) is 30.5 Å². The van der Waals surface area contributed by atoms with E-state index >= 15 is 0 Å². The number of carboxylic acid groups (broad SMARTS) is 1. The second kappa shape index (κ2) is 7.69. The Bertz CT molecular complexity index is 315. The van der Waals surface area contributed by atoms with Crippen molar-refractivity contribution in [1.82, 2.24) is 0 Å². The van der Waals surface area contributed by atoms with Crippen LogP contribution in [0, 0.1) is 5.92 Å². The molecule has 5 heteroatoms. The lowest BCUT2D eigenvalue weighted by Crippen LogP contribution is -2.27. The third-order valence-corrected chi connectivity index (χ3v) is 5.29. The van der Waals surface area contributed by atoms with Gasteiger partial charge in [0.15, 0.2) is 9.84 Å². The minimum Gasteiger partial charge on any atom is -0.481 e. The number of hydrogen-bond acceptors (Lipinski definition) is 3. The maximum absolute atomic E-state index is 12.1. The van der Waals surface area contributed by atoms with E-state index in [0.717, 1.165) is 12.8 Å². The van der Waals surface area contributed by atoms with Crippen LogP contribution in [0.3, 0.4) is 0 Å². The molecule has 1 N–H and O–H groups in total. The first kappa shape index (κ1) is 16.4. The van der Waals surface area contributed by atoms with Gasteiger partial charge in [-0.15, -0.1) is 0 Å². The zero-order chi connectivity index (χ0) is 13.5. The second-order valence-corrected chi connectivity index (χ2v) is 7.06. The largest absolute Gasteiger partial charge is 0.481 e. The predicted molar refractivity (Wildman–Crippen MR) is 68.8 cm³/mol. The van der Waals surface area contributed by atoms with Gasteiger partial charge in [-0.1, -0.05) is 33.6 Å². The Morgan fingerprint density at radius 3 is 2.00 bits per heavy atom. The number of carbonyl (C=O) groups is 1. The van der Waals surface area contributed by atoms with Crippen molar-refractivity contribution in [2.75, 3.05) is 5.75 Å². The van der Waals surface area contributed by atoms with Crippen LogP contribution < -0.4 is 0 Å². The van der Waals surface area contributed by atoms with Gasteiger partial charge in [0.25, 0.3) is 0 Å². The summed E-state index contributed by atoms with van der Waals surface area (Å²) in [5, 5.41) is 8.33. The maximum atomic E-state index is 12.1. The predicted octanol–water partition coefficient (Wildman–Crippen LogP) is 2.48. The number of sulfone groups is 1. The third-order valence-electron chi connectivity index (χ3n) is 2.77. The highest BCUT2D eigenvalue weighted by Crippen LogP contribution is 2.19. The molecule has 0 fully saturated rings. The molecule has 4 nitrogen and oxygen atoms in total. The normalized spacial score (nSPS) is 13.9. The summed E-state index contributed by atoms with van der Waals surface area (Å²) in [7, 11) is -3.15. The highest BCUT2D eigenvalue weighted by Gasteiger charge is 2.26. The van der Waals surface area contributed by atoms with E-state index in [0.29, 0.717) is 12.8 Å². The smallest absolute Gasteiger partial charge is 0.303 e. The number of carboxylic acids is 1. The Morgan fingerprint density at radius 1 is 1.18 bits per heavy atom. The quantitative estimate of drug-likeness (QED) is 0.694. The van der Waals surface area contributed by atoms with Crippen molar-refractivity contribution >= 4 is 15.8 Å². The highest BCUT2D eigenvalue weighted by atomic mass is 32.2. The molecule has 17 heavy (non-hydrogen) atoms. The van der Waals surface area contributed by atoms with Gasteiger partial charge in [-0.05, 0) is 18.8 Å². The third kappa shape index (κ3) is 6.66. The molecule has 0 aliphatic heterocycles. The summed E-state index contributed by atoms with van der Waals surface area (Å²) >= 11 is 0. The van der Waals surface area contributed by atoms with E-state index < -0.39 is 15.8 Å². The van der Waals surface area contributed by atoms with Crippen molar-refractivity contribution in [3.8, 4) is 0 Å². The average molecular weight is 264 g/mol. The van der Waals surface area contributed by atoms with Crippen molar-refractivity contribution < 1.29 is 18.3 Å². The van der Waals surface area contributed by atoms with Gasteiger partial charge in [0, 0.05) is 6.42 Å². The van der Waals surface area contributed by atoms with Crippen molar-refractivity contribution in [3.63, 3.8) is 0 Å². The fraction of sp³-hybridized carbons (Fsp3) is 0.917. The minimum atomic E-state index is -3.15. The lowest BCUT2D eigenvalue weighted by Gasteiger charge is -2.18.